The van der Waals surface area contributed by atoms with Gasteiger partial charge in [0.15, 0.2) is 5.96 Å². The number of aromatic nitrogens is 1. The molecule has 120 valence electrons. The van der Waals surface area contributed by atoms with E-state index in [0.29, 0.717) is 29.5 Å². The van der Waals surface area contributed by atoms with E-state index < -0.39 is 0 Å². The van der Waals surface area contributed by atoms with Gasteiger partial charge in [0, 0.05) is 32.4 Å². The number of rotatable bonds is 4. The van der Waals surface area contributed by atoms with Crippen molar-refractivity contribution in [3.8, 4) is 5.88 Å². The van der Waals surface area contributed by atoms with Gasteiger partial charge in [0.2, 0.25) is 5.88 Å². The van der Waals surface area contributed by atoms with Crippen LogP contribution in [-0.2, 0) is 0 Å². The third-order valence-corrected chi connectivity index (χ3v) is 4.92. The van der Waals surface area contributed by atoms with Crippen LogP contribution in [0.2, 0.25) is 5.02 Å². The summed E-state index contributed by atoms with van der Waals surface area (Å²) in [6, 6.07) is 3.55. The molecule has 1 saturated carbocycles. The molecule has 1 aliphatic carbocycles. The van der Waals surface area contributed by atoms with Crippen molar-refractivity contribution in [2.24, 2.45) is 10.4 Å². The molecule has 1 aromatic heterocycles. The van der Waals surface area contributed by atoms with Crippen molar-refractivity contribution in [1.82, 2.24) is 15.2 Å². The second kappa shape index (κ2) is 6.73. The van der Waals surface area contributed by atoms with Gasteiger partial charge >= 0.3 is 0 Å². The number of hydrogen-bond donors (Lipinski definition) is 1. The number of hydrogen-bond acceptors (Lipinski definition) is 3. The Balaban J connectivity index is 1.41. The van der Waals surface area contributed by atoms with Gasteiger partial charge in [-0.15, -0.1) is 0 Å². The summed E-state index contributed by atoms with van der Waals surface area (Å²) in [5, 5.41) is 3.99. The third kappa shape index (κ3) is 3.46. The van der Waals surface area contributed by atoms with Gasteiger partial charge in [-0.25, -0.2) is 4.98 Å². The average molecular weight is 323 g/mol. The lowest BCUT2D eigenvalue weighted by atomic mass is 9.68. The summed E-state index contributed by atoms with van der Waals surface area (Å²) in [4.78, 5) is 10.9. The topological polar surface area (TPSA) is 49.8 Å². The number of nitrogens with one attached hydrogen (secondary N) is 1. The maximum Gasteiger partial charge on any atom is 0.213 e. The minimum atomic E-state index is 0.548. The zero-order valence-electron chi connectivity index (χ0n) is 13.0. The molecule has 1 aromatic rings. The highest BCUT2D eigenvalue weighted by atomic mass is 35.5. The van der Waals surface area contributed by atoms with Gasteiger partial charge in [0.05, 0.1) is 11.6 Å². The first-order chi connectivity index (χ1) is 10.7. The summed E-state index contributed by atoms with van der Waals surface area (Å²) >= 11 is 5.79. The first-order valence-corrected chi connectivity index (χ1v) is 8.29. The fourth-order valence-electron chi connectivity index (χ4n) is 3.30. The van der Waals surface area contributed by atoms with E-state index >= 15 is 0 Å². The molecule has 0 atom stereocenters. The van der Waals surface area contributed by atoms with E-state index in [1.54, 1.807) is 18.3 Å². The van der Waals surface area contributed by atoms with Crippen LogP contribution in [0.5, 0.6) is 5.88 Å². The Labute approximate surface area is 136 Å². The van der Waals surface area contributed by atoms with E-state index in [2.05, 4.69) is 20.2 Å². The molecule has 2 fully saturated rings. The lowest BCUT2D eigenvalue weighted by Gasteiger charge is -2.38. The standard InChI is InChI=1S/C16H23ClN4O/c1-18-15(21-9-7-16(12-21)5-2-6-16)19-8-10-22-14-4-3-13(17)11-20-14/h3-4,11H,2,5-10,12H2,1H3,(H,18,19). The number of pyridine rings is 1. The highest BCUT2D eigenvalue weighted by Gasteiger charge is 2.43. The van der Waals surface area contributed by atoms with Crippen LogP contribution in [0.1, 0.15) is 25.7 Å². The number of ether oxygens (including phenoxy) is 1. The normalized spacial score (nSPS) is 20.1. The van der Waals surface area contributed by atoms with Crippen LogP contribution >= 0.6 is 11.6 Å². The van der Waals surface area contributed by atoms with Gasteiger partial charge in [-0.05, 0) is 30.7 Å². The maximum absolute atomic E-state index is 5.79. The molecule has 5 nitrogen and oxygen atoms in total. The van der Waals surface area contributed by atoms with Crippen molar-refractivity contribution in [1.29, 1.82) is 0 Å². The van der Waals surface area contributed by atoms with Crippen LogP contribution in [0.25, 0.3) is 0 Å². The van der Waals surface area contributed by atoms with Crippen molar-refractivity contribution < 1.29 is 4.74 Å². The molecule has 2 aliphatic rings. The molecule has 6 heteroatoms. The van der Waals surface area contributed by atoms with E-state index in [0.717, 1.165) is 19.0 Å². The molecule has 0 amide bonds. The highest BCUT2D eigenvalue weighted by Crippen LogP contribution is 2.47. The number of nitrogens with zero attached hydrogens (tertiary/aromatic N) is 3. The number of likely N-dealkylation sites (tertiary alicyclic amines) is 1. The molecule has 0 unspecified atom stereocenters. The molecule has 1 N–H and O–H groups in total. The fourth-order valence-corrected chi connectivity index (χ4v) is 3.41. The molecule has 22 heavy (non-hydrogen) atoms. The highest BCUT2D eigenvalue weighted by molar-refractivity contribution is 6.30. The molecule has 0 radical (unpaired) electrons. The average Bonchev–Trinajstić information content (AvgIpc) is 2.95. The van der Waals surface area contributed by atoms with E-state index in [9.17, 15) is 0 Å². The quantitative estimate of drug-likeness (QED) is 0.526. The third-order valence-electron chi connectivity index (χ3n) is 4.70. The Bertz CT molecular complexity index is 527. The molecular formula is C16H23ClN4O. The Morgan fingerprint density at radius 1 is 1.45 bits per heavy atom. The minimum absolute atomic E-state index is 0.548. The molecule has 2 heterocycles. The maximum atomic E-state index is 5.79. The lowest BCUT2D eigenvalue weighted by Crippen LogP contribution is -2.43. The number of halogens is 1. The van der Waals surface area contributed by atoms with Crippen molar-refractivity contribution in [3.63, 3.8) is 0 Å². The van der Waals surface area contributed by atoms with Crippen LogP contribution in [0.15, 0.2) is 23.3 Å². The van der Waals surface area contributed by atoms with Crippen LogP contribution in [0, 0.1) is 5.41 Å². The second-order valence-electron chi connectivity index (χ2n) is 6.16. The number of aliphatic imine (C=N–C) groups is 1. The fraction of sp³-hybridized carbons (Fsp3) is 0.625. The van der Waals surface area contributed by atoms with Crippen LogP contribution < -0.4 is 10.1 Å². The van der Waals surface area contributed by atoms with Gasteiger partial charge in [0.1, 0.15) is 6.61 Å². The summed E-state index contributed by atoms with van der Waals surface area (Å²) < 4.78 is 5.59. The molecule has 1 aliphatic heterocycles. The zero-order valence-corrected chi connectivity index (χ0v) is 13.8. The molecular weight excluding hydrogens is 300 g/mol. The van der Waals surface area contributed by atoms with Crippen molar-refractivity contribution in [2.75, 3.05) is 33.3 Å². The smallest absolute Gasteiger partial charge is 0.213 e. The summed E-state index contributed by atoms with van der Waals surface area (Å²) in [5.41, 5.74) is 0.585. The van der Waals surface area contributed by atoms with Gasteiger partial charge in [-0.1, -0.05) is 18.0 Å². The Morgan fingerprint density at radius 3 is 2.91 bits per heavy atom. The Hall–Kier alpha value is -1.49. The minimum Gasteiger partial charge on any atom is -0.476 e. The Morgan fingerprint density at radius 2 is 2.32 bits per heavy atom. The van der Waals surface area contributed by atoms with Gasteiger partial charge in [0.25, 0.3) is 0 Å². The van der Waals surface area contributed by atoms with Gasteiger partial charge in [-0.3, -0.25) is 4.99 Å². The summed E-state index contributed by atoms with van der Waals surface area (Å²) in [6.07, 6.45) is 7.05. The predicted octanol–water partition coefficient (Wildman–Crippen LogP) is 2.57. The van der Waals surface area contributed by atoms with Crippen LogP contribution in [0.3, 0.4) is 0 Å². The summed E-state index contributed by atoms with van der Waals surface area (Å²) in [6.45, 7) is 3.51. The molecule has 0 aromatic carbocycles. The second-order valence-corrected chi connectivity index (χ2v) is 6.60. The first kappa shape index (κ1) is 15.4. The van der Waals surface area contributed by atoms with E-state index in [1.807, 2.05) is 7.05 Å². The predicted molar refractivity (Wildman–Crippen MR) is 88.6 cm³/mol. The monoisotopic (exact) mass is 322 g/mol. The number of guanidine groups is 1. The molecule has 0 bridgehead atoms. The van der Waals surface area contributed by atoms with E-state index in [-0.39, 0.29) is 0 Å². The molecule has 1 spiro atoms. The van der Waals surface area contributed by atoms with Crippen molar-refractivity contribution in [3.05, 3.63) is 23.4 Å². The summed E-state index contributed by atoms with van der Waals surface area (Å²) in [5.74, 6) is 1.58. The van der Waals surface area contributed by atoms with Crippen molar-refractivity contribution in [2.45, 2.75) is 25.7 Å². The van der Waals surface area contributed by atoms with Gasteiger partial charge < -0.3 is 15.0 Å². The lowest BCUT2D eigenvalue weighted by molar-refractivity contribution is 0.151. The molecule has 3 rings (SSSR count). The van der Waals surface area contributed by atoms with E-state index in [4.69, 9.17) is 16.3 Å². The van der Waals surface area contributed by atoms with Gasteiger partial charge in [-0.2, -0.15) is 0 Å². The Kier molecular flexibility index (Phi) is 4.71. The van der Waals surface area contributed by atoms with Crippen LogP contribution in [0.4, 0.5) is 0 Å². The SMILES string of the molecule is CN=C(NCCOc1ccc(Cl)cn1)N1CCC2(CCC2)C1. The summed E-state index contributed by atoms with van der Waals surface area (Å²) in [7, 11) is 1.84. The van der Waals surface area contributed by atoms with Crippen molar-refractivity contribution >= 4 is 17.6 Å². The largest absolute Gasteiger partial charge is 0.476 e. The first-order valence-electron chi connectivity index (χ1n) is 7.91. The van der Waals surface area contributed by atoms with E-state index in [1.165, 1.54) is 25.7 Å². The van der Waals surface area contributed by atoms with Crippen LogP contribution in [-0.4, -0.2) is 49.1 Å². The molecule has 1 saturated heterocycles. The zero-order chi connectivity index (χ0) is 15.4.